The lowest BCUT2D eigenvalue weighted by Crippen LogP contribution is -2.38. The van der Waals surface area contributed by atoms with Gasteiger partial charge >= 0.3 is 0 Å². The van der Waals surface area contributed by atoms with Crippen LogP contribution in [0.25, 0.3) is 0 Å². The van der Waals surface area contributed by atoms with Crippen molar-refractivity contribution in [3.63, 3.8) is 0 Å². The molecular formula is C17H16N4O. The predicted molar refractivity (Wildman–Crippen MR) is 86.5 cm³/mol. The van der Waals surface area contributed by atoms with Crippen LogP contribution in [0.1, 0.15) is 18.1 Å². The van der Waals surface area contributed by atoms with E-state index in [9.17, 15) is 4.79 Å². The van der Waals surface area contributed by atoms with Gasteiger partial charge in [0, 0.05) is 0 Å². The van der Waals surface area contributed by atoms with Gasteiger partial charge in [-0.1, -0.05) is 60.7 Å². The van der Waals surface area contributed by atoms with E-state index < -0.39 is 5.54 Å². The summed E-state index contributed by atoms with van der Waals surface area (Å²) < 4.78 is 0. The summed E-state index contributed by atoms with van der Waals surface area (Å²) in [6.45, 7) is 1.65. The SMILES string of the molecule is C/C(N)=N\C1=NC(c2ccccc2)(c2ccccc2)C(=O)N1. The van der Waals surface area contributed by atoms with Gasteiger partial charge in [0.2, 0.25) is 5.96 Å². The second kappa shape index (κ2) is 5.44. The van der Waals surface area contributed by atoms with Gasteiger partial charge in [-0.05, 0) is 18.1 Å². The zero-order chi connectivity index (χ0) is 15.6. The number of amides is 1. The minimum absolute atomic E-state index is 0.232. The van der Waals surface area contributed by atoms with Crippen LogP contribution in [0.5, 0.6) is 0 Å². The maximum Gasteiger partial charge on any atom is 0.264 e. The number of guanidine groups is 1. The van der Waals surface area contributed by atoms with E-state index in [1.54, 1.807) is 6.92 Å². The summed E-state index contributed by atoms with van der Waals surface area (Å²) in [4.78, 5) is 21.4. The summed E-state index contributed by atoms with van der Waals surface area (Å²) in [5.74, 6) is 0.346. The number of carbonyl (C=O) groups is 1. The Labute approximate surface area is 128 Å². The molecule has 5 heteroatoms. The van der Waals surface area contributed by atoms with Gasteiger partial charge < -0.3 is 5.73 Å². The Bertz CT molecular complexity index is 707. The van der Waals surface area contributed by atoms with Crippen LogP contribution in [0.3, 0.4) is 0 Å². The van der Waals surface area contributed by atoms with Crippen molar-refractivity contribution in [3.8, 4) is 0 Å². The Morgan fingerprint density at radius 1 is 1.05 bits per heavy atom. The Hall–Kier alpha value is -2.95. The average Bonchev–Trinajstić information content (AvgIpc) is 2.85. The molecule has 2 aromatic rings. The molecular weight excluding hydrogens is 276 g/mol. The summed E-state index contributed by atoms with van der Waals surface area (Å²) >= 11 is 0. The molecule has 5 nitrogen and oxygen atoms in total. The Morgan fingerprint density at radius 2 is 1.55 bits per heavy atom. The number of nitrogens with zero attached hydrogens (tertiary/aromatic N) is 2. The fourth-order valence-corrected chi connectivity index (χ4v) is 2.57. The van der Waals surface area contributed by atoms with Crippen LogP contribution in [0.15, 0.2) is 70.6 Å². The Morgan fingerprint density at radius 3 is 2.00 bits per heavy atom. The van der Waals surface area contributed by atoms with Gasteiger partial charge in [-0.2, -0.15) is 0 Å². The minimum Gasteiger partial charge on any atom is -0.387 e. The van der Waals surface area contributed by atoms with Gasteiger partial charge in [0.15, 0.2) is 5.54 Å². The molecule has 1 amide bonds. The first-order valence-electron chi connectivity index (χ1n) is 6.96. The highest BCUT2D eigenvalue weighted by atomic mass is 16.2. The highest BCUT2D eigenvalue weighted by molar-refractivity contribution is 6.12. The van der Waals surface area contributed by atoms with Gasteiger partial charge in [0.25, 0.3) is 5.91 Å². The van der Waals surface area contributed by atoms with Crippen molar-refractivity contribution >= 4 is 17.7 Å². The van der Waals surface area contributed by atoms with Crippen molar-refractivity contribution < 1.29 is 4.79 Å². The highest BCUT2D eigenvalue weighted by Gasteiger charge is 2.46. The van der Waals surface area contributed by atoms with E-state index in [2.05, 4.69) is 15.3 Å². The zero-order valence-corrected chi connectivity index (χ0v) is 12.2. The number of hydrogen-bond donors (Lipinski definition) is 2. The third kappa shape index (κ3) is 2.26. The van der Waals surface area contributed by atoms with Crippen molar-refractivity contribution in [1.82, 2.24) is 5.32 Å². The van der Waals surface area contributed by atoms with Gasteiger partial charge in [-0.25, -0.2) is 9.98 Å². The number of benzene rings is 2. The van der Waals surface area contributed by atoms with Crippen LogP contribution < -0.4 is 11.1 Å². The van der Waals surface area contributed by atoms with Crippen molar-refractivity contribution in [1.29, 1.82) is 0 Å². The molecule has 3 rings (SSSR count). The smallest absolute Gasteiger partial charge is 0.264 e. The zero-order valence-electron chi connectivity index (χ0n) is 12.2. The first-order valence-corrected chi connectivity index (χ1v) is 6.96. The molecule has 1 heterocycles. The molecule has 0 radical (unpaired) electrons. The number of amidine groups is 1. The second-order valence-electron chi connectivity index (χ2n) is 5.09. The number of aliphatic imine (C=N–C) groups is 2. The summed E-state index contributed by atoms with van der Waals surface area (Å²) in [7, 11) is 0. The standard InChI is InChI=1S/C17H16N4O/c1-12(18)19-16-20-15(22)17(21-16,13-8-4-2-5-9-13)14-10-6-3-7-11-14/h2-11H,1H3,(H3,18,19,20,21,22). The number of nitrogens with one attached hydrogen (secondary N) is 1. The van der Waals surface area contributed by atoms with Crippen LogP contribution >= 0.6 is 0 Å². The third-order valence-electron chi connectivity index (χ3n) is 3.49. The molecule has 3 N–H and O–H groups in total. The molecule has 22 heavy (non-hydrogen) atoms. The first kappa shape index (κ1) is 14.0. The Kier molecular flexibility index (Phi) is 3.47. The quantitative estimate of drug-likeness (QED) is 0.653. The molecule has 0 unspecified atom stereocenters. The molecule has 1 aliphatic heterocycles. The predicted octanol–water partition coefficient (Wildman–Crippen LogP) is 1.79. The van der Waals surface area contributed by atoms with Crippen LogP contribution in [-0.4, -0.2) is 17.7 Å². The second-order valence-corrected chi connectivity index (χ2v) is 5.09. The van der Waals surface area contributed by atoms with E-state index >= 15 is 0 Å². The molecule has 1 aliphatic rings. The first-order chi connectivity index (χ1) is 10.6. The van der Waals surface area contributed by atoms with E-state index in [0.717, 1.165) is 11.1 Å². The number of rotatable bonds is 2. The van der Waals surface area contributed by atoms with E-state index in [-0.39, 0.29) is 11.9 Å². The molecule has 110 valence electrons. The van der Waals surface area contributed by atoms with Gasteiger partial charge in [-0.3, -0.25) is 10.1 Å². The summed E-state index contributed by atoms with van der Waals surface area (Å²) in [6, 6.07) is 18.9. The van der Waals surface area contributed by atoms with Crippen LogP contribution in [0.4, 0.5) is 0 Å². The number of nitrogens with two attached hydrogens (primary N) is 1. The molecule has 0 saturated heterocycles. The molecule has 0 fully saturated rings. The summed E-state index contributed by atoms with van der Waals surface area (Å²) in [5.41, 5.74) is 6.05. The molecule has 0 saturated carbocycles. The fraction of sp³-hybridized carbons (Fsp3) is 0.118. The molecule has 0 bridgehead atoms. The van der Waals surface area contributed by atoms with E-state index in [1.165, 1.54) is 0 Å². The summed E-state index contributed by atoms with van der Waals surface area (Å²) in [5, 5.41) is 2.72. The lowest BCUT2D eigenvalue weighted by Gasteiger charge is -2.24. The Balaban J connectivity index is 2.23. The third-order valence-corrected chi connectivity index (χ3v) is 3.49. The van der Waals surface area contributed by atoms with Crippen molar-refractivity contribution in [3.05, 3.63) is 71.8 Å². The molecule has 2 aromatic carbocycles. The van der Waals surface area contributed by atoms with E-state index in [4.69, 9.17) is 5.73 Å². The van der Waals surface area contributed by atoms with E-state index in [1.807, 2.05) is 60.7 Å². The number of carbonyl (C=O) groups excluding carboxylic acids is 1. The van der Waals surface area contributed by atoms with Crippen molar-refractivity contribution in [2.24, 2.45) is 15.7 Å². The van der Waals surface area contributed by atoms with Gasteiger partial charge in [-0.15, -0.1) is 0 Å². The fourth-order valence-electron chi connectivity index (χ4n) is 2.57. The lowest BCUT2D eigenvalue weighted by molar-refractivity contribution is -0.122. The van der Waals surface area contributed by atoms with Crippen molar-refractivity contribution in [2.45, 2.75) is 12.5 Å². The average molecular weight is 292 g/mol. The van der Waals surface area contributed by atoms with Crippen LogP contribution in [0.2, 0.25) is 0 Å². The number of hydrogen-bond acceptors (Lipinski definition) is 3. The van der Waals surface area contributed by atoms with Crippen LogP contribution in [0, 0.1) is 0 Å². The molecule has 0 aromatic heterocycles. The lowest BCUT2D eigenvalue weighted by atomic mass is 9.83. The van der Waals surface area contributed by atoms with Crippen molar-refractivity contribution in [2.75, 3.05) is 0 Å². The molecule has 0 aliphatic carbocycles. The largest absolute Gasteiger partial charge is 0.387 e. The van der Waals surface area contributed by atoms with Gasteiger partial charge in [0.1, 0.15) is 0 Å². The molecule has 0 spiro atoms. The molecule has 0 atom stereocenters. The van der Waals surface area contributed by atoms with Crippen LogP contribution in [-0.2, 0) is 10.3 Å². The normalized spacial score (nSPS) is 17.0. The maximum atomic E-state index is 12.8. The van der Waals surface area contributed by atoms with Gasteiger partial charge in [0.05, 0.1) is 5.84 Å². The minimum atomic E-state index is -1.13. The monoisotopic (exact) mass is 292 g/mol. The highest BCUT2D eigenvalue weighted by Crippen LogP contribution is 2.36. The van der Waals surface area contributed by atoms with E-state index in [0.29, 0.717) is 5.84 Å². The maximum absolute atomic E-state index is 12.8. The summed E-state index contributed by atoms with van der Waals surface area (Å²) in [6.07, 6.45) is 0. The topological polar surface area (TPSA) is 79.8 Å².